The Kier molecular flexibility index (Phi) is 9.78. The molecular weight excluding hydrogens is 516 g/mol. The molecular formula is C31H35F2N3O2S. The lowest BCUT2D eigenvalue weighted by molar-refractivity contribution is -0.122. The summed E-state index contributed by atoms with van der Waals surface area (Å²) < 4.78 is 29.8. The minimum Gasteiger partial charge on any atom is -0.390 e. The van der Waals surface area contributed by atoms with Crippen molar-refractivity contribution in [1.82, 2.24) is 15.2 Å². The van der Waals surface area contributed by atoms with Crippen LogP contribution in [0.5, 0.6) is 0 Å². The molecule has 206 valence electrons. The number of rotatable bonds is 12. The maximum atomic E-state index is 13.9. The van der Waals surface area contributed by atoms with Crippen molar-refractivity contribution >= 4 is 28.6 Å². The number of hydrogen-bond donors (Lipinski definition) is 3. The Bertz CT molecular complexity index is 1420. The number of aromatic nitrogens is 1. The zero-order valence-electron chi connectivity index (χ0n) is 22.5. The van der Waals surface area contributed by atoms with Crippen molar-refractivity contribution in [2.75, 3.05) is 12.8 Å². The van der Waals surface area contributed by atoms with Gasteiger partial charge in [-0.15, -0.1) is 11.8 Å². The molecule has 0 radical (unpaired) electrons. The fourth-order valence-electron chi connectivity index (χ4n) is 4.98. The molecule has 39 heavy (non-hydrogen) atoms. The van der Waals surface area contributed by atoms with Crippen LogP contribution in [0.2, 0.25) is 0 Å². The van der Waals surface area contributed by atoms with Gasteiger partial charge in [-0.25, -0.2) is 8.78 Å². The van der Waals surface area contributed by atoms with Crippen molar-refractivity contribution in [1.29, 1.82) is 0 Å². The van der Waals surface area contributed by atoms with E-state index in [-0.39, 0.29) is 25.3 Å². The molecule has 2 atom stereocenters. The van der Waals surface area contributed by atoms with Crippen molar-refractivity contribution in [2.24, 2.45) is 7.05 Å². The summed E-state index contributed by atoms with van der Waals surface area (Å²) in [4.78, 5) is 14.3. The Labute approximate surface area is 232 Å². The zero-order valence-corrected chi connectivity index (χ0v) is 23.3. The van der Waals surface area contributed by atoms with E-state index in [1.165, 1.54) is 17.7 Å². The first kappa shape index (κ1) is 28.8. The molecule has 3 N–H and O–H groups in total. The van der Waals surface area contributed by atoms with Crippen LogP contribution in [0, 0.1) is 11.6 Å². The minimum absolute atomic E-state index is 0.0824. The van der Waals surface area contributed by atoms with Gasteiger partial charge in [-0.05, 0) is 54.0 Å². The molecule has 4 rings (SSSR count). The number of nitrogens with zero attached hydrogens (tertiary/aromatic N) is 1. The van der Waals surface area contributed by atoms with E-state index < -0.39 is 23.8 Å². The highest BCUT2D eigenvalue weighted by Crippen LogP contribution is 2.32. The second kappa shape index (κ2) is 13.2. The molecule has 8 heteroatoms. The third-order valence-electron chi connectivity index (χ3n) is 6.98. The average molecular weight is 552 g/mol. The largest absolute Gasteiger partial charge is 0.390 e. The maximum absolute atomic E-state index is 13.9. The first-order valence-corrected chi connectivity index (χ1v) is 14.3. The van der Waals surface area contributed by atoms with Gasteiger partial charge in [-0.1, -0.05) is 49.4 Å². The Morgan fingerprint density at radius 3 is 2.44 bits per heavy atom. The molecule has 0 saturated carbocycles. The molecule has 0 bridgehead atoms. The van der Waals surface area contributed by atoms with E-state index in [0.717, 1.165) is 39.5 Å². The van der Waals surface area contributed by atoms with Crippen LogP contribution in [-0.2, 0) is 37.6 Å². The molecule has 0 spiro atoms. The molecule has 0 aliphatic rings. The summed E-state index contributed by atoms with van der Waals surface area (Å²) >= 11 is 1.59. The van der Waals surface area contributed by atoms with E-state index in [1.54, 1.807) is 11.8 Å². The van der Waals surface area contributed by atoms with Crippen LogP contribution in [0.1, 0.15) is 29.3 Å². The number of amides is 1. The molecule has 0 fully saturated rings. The van der Waals surface area contributed by atoms with Crippen LogP contribution in [-0.4, -0.2) is 40.5 Å². The molecule has 0 aliphatic heterocycles. The van der Waals surface area contributed by atoms with E-state index in [0.29, 0.717) is 12.1 Å². The number of para-hydroxylation sites is 1. The second-order valence-electron chi connectivity index (χ2n) is 9.76. The summed E-state index contributed by atoms with van der Waals surface area (Å²) in [5.41, 5.74) is 4.59. The Hall–Kier alpha value is -3.20. The molecule has 0 saturated heterocycles. The third-order valence-corrected chi connectivity index (χ3v) is 7.84. The summed E-state index contributed by atoms with van der Waals surface area (Å²) in [7, 11) is 1.93. The number of nitrogens with one attached hydrogen (secondary N) is 2. The highest BCUT2D eigenvalue weighted by Gasteiger charge is 2.24. The number of aliphatic hydroxyl groups excluding tert-OH is 1. The van der Waals surface area contributed by atoms with Gasteiger partial charge in [0.1, 0.15) is 11.6 Å². The van der Waals surface area contributed by atoms with Crippen LogP contribution in [0.4, 0.5) is 8.78 Å². The van der Waals surface area contributed by atoms with E-state index in [1.807, 2.05) is 54.3 Å². The van der Waals surface area contributed by atoms with Crippen molar-refractivity contribution in [2.45, 2.75) is 49.8 Å². The predicted octanol–water partition coefficient (Wildman–Crippen LogP) is 5.16. The van der Waals surface area contributed by atoms with Crippen molar-refractivity contribution < 1.29 is 18.7 Å². The van der Waals surface area contributed by atoms with Crippen LogP contribution in [0.25, 0.3) is 10.9 Å². The van der Waals surface area contributed by atoms with Crippen molar-refractivity contribution in [3.63, 3.8) is 0 Å². The molecule has 1 heterocycles. The average Bonchev–Trinajstić information content (AvgIpc) is 3.18. The van der Waals surface area contributed by atoms with Gasteiger partial charge in [-0.3, -0.25) is 4.79 Å². The number of thioether (sulfide) groups is 1. The van der Waals surface area contributed by atoms with Gasteiger partial charge >= 0.3 is 0 Å². The van der Waals surface area contributed by atoms with E-state index in [2.05, 4.69) is 29.7 Å². The lowest BCUT2D eigenvalue weighted by Gasteiger charge is -2.25. The van der Waals surface area contributed by atoms with Gasteiger partial charge < -0.3 is 20.3 Å². The summed E-state index contributed by atoms with van der Waals surface area (Å²) in [5, 5.41) is 18.4. The minimum atomic E-state index is -0.984. The molecule has 3 aromatic carbocycles. The van der Waals surface area contributed by atoms with Crippen LogP contribution < -0.4 is 10.6 Å². The van der Waals surface area contributed by atoms with Crippen LogP contribution in [0.3, 0.4) is 0 Å². The van der Waals surface area contributed by atoms with Gasteiger partial charge in [0.05, 0.1) is 18.6 Å². The van der Waals surface area contributed by atoms with E-state index in [9.17, 15) is 18.7 Å². The number of hydrogen-bond acceptors (Lipinski definition) is 4. The van der Waals surface area contributed by atoms with Crippen LogP contribution >= 0.6 is 11.8 Å². The quantitative estimate of drug-likeness (QED) is 0.213. The number of carbonyl (C=O) groups is 1. The zero-order chi connectivity index (χ0) is 27.9. The predicted molar refractivity (Wildman–Crippen MR) is 154 cm³/mol. The number of benzene rings is 3. The Balaban J connectivity index is 1.50. The fraction of sp³-hybridized carbons (Fsp3) is 0.323. The van der Waals surface area contributed by atoms with Gasteiger partial charge in [0.2, 0.25) is 5.91 Å². The number of carbonyl (C=O) groups excluding carboxylic acids is 1. The highest BCUT2D eigenvalue weighted by atomic mass is 32.2. The summed E-state index contributed by atoms with van der Waals surface area (Å²) in [5.74, 6) is -1.66. The number of aryl methyl sites for hydroxylation is 2. The van der Waals surface area contributed by atoms with Gasteiger partial charge in [0.15, 0.2) is 0 Å². The summed E-state index contributed by atoms with van der Waals surface area (Å²) in [6.07, 6.45) is 2.13. The SMILES string of the molecule is CCc1cccc(CNC[C@H](O)[C@H](Cc2cc(F)cc(F)c2)NC(=O)Cc2c(SC)c3ccccc3n2C)c1. The lowest BCUT2D eigenvalue weighted by Crippen LogP contribution is -2.49. The standard InChI is InChI=1S/C31H35F2N3O2S/c1-4-20-8-7-9-21(12-20)18-34-19-29(37)26(15-22-13-23(32)16-24(33)14-22)35-30(38)17-28-31(39-3)25-10-5-6-11-27(25)36(28)2/h5-14,16,26,29,34,37H,4,15,17-19H2,1-3H3,(H,35,38)/t26-,29-/m0/s1. The van der Waals surface area contributed by atoms with Crippen LogP contribution in [0.15, 0.2) is 71.6 Å². The van der Waals surface area contributed by atoms with Crippen molar-refractivity contribution in [3.05, 3.63) is 101 Å². The van der Waals surface area contributed by atoms with Crippen molar-refractivity contribution in [3.8, 4) is 0 Å². The van der Waals surface area contributed by atoms with E-state index in [4.69, 9.17) is 0 Å². The maximum Gasteiger partial charge on any atom is 0.226 e. The lowest BCUT2D eigenvalue weighted by atomic mass is 10.00. The Morgan fingerprint density at radius 2 is 1.72 bits per heavy atom. The molecule has 0 aliphatic carbocycles. The third kappa shape index (κ3) is 7.26. The normalized spacial score (nSPS) is 13.0. The summed E-state index contributed by atoms with van der Waals surface area (Å²) in [6, 6.07) is 18.7. The second-order valence-corrected chi connectivity index (χ2v) is 10.6. The number of fused-ring (bicyclic) bond motifs is 1. The van der Waals surface area contributed by atoms with Gasteiger partial charge in [0, 0.05) is 47.7 Å². The van der Waals surface area contributed by atoms with Gasteiger partial charge in [-0.2, -0.15) is 0 Å². The number of aliphatic hydroxyl groups is 1. The summed E-state index contributed by atoms with van der Waals surface area (Å²) in [6.45, 7) is 2.84. The fourth-order valence-corrected chi connectivity index (χ4v) is 5.82. The number of halogens is 2. The topological polar surface area (TPSA) is 66.3 Å². The molecule has 4 aromatic rings. The van der Waals surface area contributed by atoms with E-state index >= 15 is 0 Å². The molecule has 1 amide bonds. The molecule has 1 aromatic heterocycles. The highest BCUT2D eigenvalue weighted by molar-refractivity contribution is 7.98. The molecule has 0 unspecified atom stereocenters. The Morgan fingerprint density at radius 1 is 1.00 bits per heavy atom. The monoisotopic (exact) mass is 551 g/mol. The molecule has 5 nitrogen and oxygen atoms in total. The first-order chi connectivity index (χ1) is 18.8. The first-order valence-electron chi connectivity index (χ1n) is 13.1. The smallest absolute Gasteiger partial charge is 0.226 e. The van der Waals surface area contributed by atoms with Gasteiger partial charge in [0.25, 0.3) is 0 Å².